The molecule has 0 saturated heterocycles. The number of carboxylic acid groups (broad SMARTS) is 1. The maximum atomic E-state index is 15.2. The van der Waals surface area contributed by atoms with Crippen LogP contribution >= 0.6 is 0 Å². The molecule has 2 aliphatic heterocycles. The van der Waals surface area contributed by atoms with Crippen LogP contribution in [-0.4, -0.2) is 68.1 Å². The van der Waals surface area contributed by atoms with E-state index in [1.807, 2.05) is 26.8 Å². The van der Waals surface area contributed by atoms with Crippen molar-refractivity contribution in [3.63, 3.8) is 0 Å². The predicted octanol–water partition coefficient (Wildman–Crippen LogP) is 4.23. The lowest BCUT2D eigenvalue weighted by atomic mass is 9.84. The van der Waals surface area contributed by atoms with Crippen molar-refractivity contribution in [3.8, 4) is 17.2 Å². The van der Waals surface area contributed by atoms with E-state index in [2.05, 4.69) is 4.90 Å². The smallest absolute Gasteiger partial charge is 0.303 e. The Morgan fingerprint density at radius 3 is 2.53 bits per heavy atom. The minimum absolute atomic E-state index is 0.0567. The molecule has 38 heavy (non-hydrogen) atoms. The molecule has 0 aliphatic carbocycles. The molecule has 2 aromatic carbocycles. The van der Waals surface area contributed by atoms with Gasteiger partial charge in [-0.05, 0) is 35.6 Å². The number of amidine groups is 1. The molecular formula is C28H34FN3O6. The highest BCUT2D eigenvalue weighted by molar-refractivity contribution is 6.06. The van der Waals surface area contributed by atoms with Crippen LogP contribution in [0.1, 0.15) is 60.7 Å². The number of halogens is 1. The molecule has 0 amide bonds. The molecule has 2 heterocycles. The van der Waals surface area contributed by atoms with Crippen LogP contribution < -0.4 is 19.1 Å². The Hall–Kier alpha value is -3.82. The molecule has 2 N–H and O–H groups in total. The van der Waals surface area contributed by atoms with E-state index in [9.17, 15) is 9.59 Å². The van der Waals surface area contributed by atoms with Gasteiger partial charge in [0, 0.05) is 30.6 Å². The van der Waals surface area contributed by atoms with Crippen LogP contribution in [-0.2, 0) is 16.8 Å². The van der Waals surface area contributed by atoms with Gasteiger partial charge in [-0.3, -0.25) is 15.0 Å². The van der Waals surface area contributed by atoms with Crippen LogP contribution in [0.2, 0.25) is 0 Å². The number of carbonyl (C=O) groups is 2. The number of benzene rings is 2. The van der Waals surface area contributed by atoms with Crippen LogP contribution in [0.4, 0.5) is 10.1 Å². The van der Waals surface area contributed by atoms with Gasteiger partial charge < -0.3 is 29.1 Å². The number of rotatable bonds is 9. The van der Waals surface area contributed by atoms with Crippen LogP contribution in [0.15, 0.2) is 18.2 Å². The van der Waals surface area contributed by atoms with Crippen molar-refractivity contribution < 1.29 is 33.3 Å². The number of nitrogens with zero attached hydrogens (tertiary/aromatic N) is 2. The Bertz CT molecular complexity index is 1290. The van der Waals surface area contributed by atoms with Crippen LogP contribution in [0.25, 0.3) is 0 Å². The van der Waals surface area contributed by atoms with Gasteiger partial charge in [0.2, 0.25) is 0 Å². The highest BCUT2D eigenvalue weighted by Crippen LogP contribution is 2.43. The molecule has 0 spiro atoms. The fraction of sp³-hybridized carbons (Fsp3) is 0.464. The van der Waals surface area contributed by atoms with E-state index in [4.69, 9.17) is 24.7 Å². The number of methoxy groups -OCH3 is 2. The van der Waals surface area contributed by atoms with Crippen molar-refractivity contribution in [2.45, 2.75) is 45.6 Å². The topological polar surface area (TPSA) is 112 Å². The number of anilines is 1. The molecule has 10 heteroatoms. The summed E-state index contributed by atoms with van der Waals surface area (Å²) < 4.78 is 31.6. The van der Waals surface area contributed by atoms with Gasteiger partial charge in [-0.2, -0.15) is 0 Å². The summed E-state index contributed by atoms with van der Waals surface area (Å²) in [5.41, 5.74) is 2.43. The fourth-order valence-corrected chi connectivity index (χ4v) is 4.97. The summed E-state index contributed by atoms with van der Waals surface area (Å²) in [6, 6.07) is 5.26. The Balaban J connectivity index is 1.64. The van der Waals surface area contributed by atoms with E-state index >= 15 is 4.39 Å². The summed E-state index contributed by atoms with van der Waals surface area (Å²) >= 11 is 0. The highest BCUT2D eigenvalue weighted by Gasteiger charge is 2.34. The second-order valence-corrected chi connectivity index (χ2v) is 10.5. The Labute approximate surface area is 221 Å². The number of carboxylic acids is 1. The number of hydrogen-bond acceptors (Lipinski definition) is 7. The first-order valence-corrected chi connectivity index (χ1v) is 12.5. The van der Waals surface area contributed by atoms with Gasteiger partial charge in [-0.1, -0.05) is 20.8 Å². The molecule has 2 aliphatic rings. The van der Waals surface area contributed by atoms with Crippen molar-refractivity contribution in [1.82, 2.24) is 4.90 Å². The second-order valence-electron chi connectivity index (χ2n) is 10.5. The largest absolute Gasteiger partial charge is 0.493 e. The van der Waals surface area contributed by atoms with Crippen molar-refractivity contribution in [1.29, 1.82) is 5.41 Å². The quantitative estimate of drug-likeness (QED) is 0.466. The van der Waals surface area contributed by atoms with Crippen LogP contribution in [0.3, 0.4) is 0 Å². The average Bonchev–Trinajstić information content (AvgIpc) is 3.17. The van der Waals surface area contributed by atoms with Crippen molar-refractivity contribution in [2.24, 2.45) is 0 Å². The van der Waals surface area contributed by atoms with Gasteiger partial charge in [0.25, 0.3) is 0 Å². The van der Waals surface area contributed by atoms with Gasteiger partial charge in [0.15, 0.2) is 23.1 Å². The molecule has 0 saturated carbocycles. The standard InChI is InChI=1S/C28H34FN3O6/c1-28(2,3)18-11-16(12-19-25(18)38-10-9-31(19)8-6-7-22(34)35)20(33)15-32-14-17-13-21(36-4)26(37-5)24(29)23(17)27(32)30/h11-13,30H,6-10,14-15H2,1-5H3,(H,34,35). The number of aliphatic carboxylic acids is 1. The molecule has 0 fully saturated rings. The number of ether oxygens (including phenoxy) is 3. The first kappa shape index (κ1) is 27.2. The molecular weight excluding hydrogens is 493 g/mol. The normalized spacial score (nSPS) is 14.6. The molecule has 0 radical (unpaired) electrons. The highest BCUT2D eigenvalue weighted by atomic mass is 19.1. The Kier molecular flexibility index (Phi) is 7.53. The summed E-state index contributed by atoms with van der Waals surface area (Å²) in [5, 5.41) is 17.6. The summed E-state index contributed by atoms with van der Waals surface area (Å²) in [4.78, 5) is 28.2. The molecule has 2 aromatic rings. The first-order valence-electron chi connectivity index (χ1n) is 12.5. The van der Waals surface area contributed by atoms with Crippen molar-refractivity contribution in [2.75, 3.05) is 45.4 Å². The van der Waals surface area contributed by atoms with Gasteiger partial charge in [-0.25, -0.2) is 4.39 Å². The number of ketones is 1. The minimum Gasteiger partial charge on any atom is -0.493 e. The van der Waals surface area contributed by atoms with Gasteiger partial charge in [0.1, 0.15) is 18.2 Å². The monoisotopic (exact) mass is 527 g/mol. The number of carbonyl (C=O) groups excluding carboxylic acids is 1. The summed E-state index contributed by atoms with van der Waals surface area (Å²) in [6.45, 7) is 7.79. The molecule has 0 aromatic heterocycles. The number of nitrogens with one attached hydrogen (secondary N) is 1. The third-order valence-electron chi connectivity index (χ3n) is 6.91. The third kappa shape index (κ3) is 5.12. The van der Waals surface area contributed by atoms with E-state index < -0.39 is 11.8 Å². The number of fused-ring (bicyclic) bond motifs is 2. The number of hydrogen-bond donors (Lipinski definition) is 2. The van der Waals surface area contributed by atoms with Crippen LogP contribution in [0, 0.1) is 11.2 Å². The third-order valence-corrected chi connectivity index (χ3v) is 6.91. The zero-order chi connectivity index (χ0) is 27.8. The molecule has 9 nitrogen and oxygen atoms in total. The lowest BCUT2D eigenvalue weighted by Gasteiger charge is -2.35. The Morgan fingerprint density at radius 1 is 1.16 bits per heavy atom. The van der Waals surface area contributed by atoms with Gasteiger partial charge >= 0.3 is 5.97 Å². The lowest BCUT2D eigenvalue weighted by molar-refractivity contribution is -0.137. The maximum absolute atomic E-state index is 15.2. The molecule has 204 valence electrons. The van der Waals surface area contributed by atoms with Gasteiger partial charge in [-0.15, -0.1) is 0 Å². The van der Waals surface area contributed by atoms with Crippen molar-refractivity contribution >= 4 is 23.3 Å². The van der Waals surface area contributed by atoms with E-state index in [0.717, 1.165) is 11.3 Å². The molecule has 0 bridgehead atoms. The van der Waals surface area contributed by atoms with Crippen molar-refractivity contribution in [3.05, 3.63) is 46.3 Å². The second kappa shape index (κ2) is 10.5. The maximum Gasteiger partial charge on any atom is 0.303 e. The zero-order valence-electron chi connectivity index (χ0n) is 22.4. The molecule has 4 rings (SSSR count). The lowest BCUT2D eigenvalue weighted by Crippen LogP contribution is -2.35. The SMILES string of the molecule is COc1cc2c(c(F)c1OC)C(=N)N(CC(=O)c1cc3c(c(C(C)(C)C)c1)OCCN3CCCC(=O)O)C2. The van der Waals surface area contributed by atoms with E-state index in [1.54, 1.807) is 12.1 Å². The summed E-state index contributed by atoms with van der Waals surface area (Å²) in [5.74, 6) is -0.962. The van der Waals surface area contributed by atoms with Gasteiger partial charge in [0.05, 0.1) is 38.6 Å². The Morgan fingerprint density at radius 2 is 1.89 bits per heavy atom. The van der Waals surface area contributed by atoms with E-state index in [0.29, 0.717) is 43.0 Å². The average molecular weight is 528 g/mol. The van der Waals surface area contributed by atoms with Crippen LogP contribution in [0.5, 0.6) is 17.2 Å². The fourth-order valence-electron chi connectivity index (χ4n) is 4.97. The first-order chi connectivity index (χ1) is 18.0. The summed E-state index contributed by atoms with van der Waals surface area (Å²) in [6.07, 6.45) is 0.528. The molecule has 0 atom stereocenters. The molecule has 0 unspecified atom stereocenters. The minimum atomic E-state index is -0.849. The zero-order valence-corrected chi connectivity index (χ0v) is 22.4. The van der Waals surface area contributed by atoms with E-state index in [-0.39, 0.29) is 53.6 Å². The van der Waals surface area contributed by atoms with E-state index in [1.165, 1.54) is 19.1 Å². The summed E-state index contributed by atoms with van der Waals surface area (Å²) in [7, 11) is 2.76. The predicted molar refractivity (Wildman–Crippen MR) is 141 cm³/mol. The number of Topliss-reactive ketones (excluding diaryl/α,β-unsaturated/α-hetero) is 1.